The second kappa shape index (κ2) is 6.04. The van der Waals surface area contributed by atoms with Crippen molar-refractivity contribution in [1.29, 1.82) is 0 Å². The van der Waals surface area contributed by atoms with Gasteiger partial charge >= 0.3 is 0 Å². The summed E-state index contributed by atoms with van der Waals surface area (Å²) in [7, 11) is 0. The number of anilines is 3. The zero-order valence-electron chi connectivity index (χ0n) is 13.8. The third-order valence-corrected chi connectivity index (χ3v) is 4.74. The van der Waals surface area contributed by atoms with E-state index in [0.717, 1.165) is 30.0 Å². The van der Waals surface area contributed by atoms with E-state index in [2.05, 4.69) is 40.7 Å². The number of carbonyl (C=O) groups is 1. The van der Waals surface area contributed by atoms with Gasteiger partial charge in [-0.3, -0.25) is 4.79 Å². The van der Waals surface area contributed by atoms with Gasteiger partial charge in [0.25, 0.3) is 5.91 Å². The predicted octanol–water partition coefficient (Wildman–Crippen LogP) is 4.00. The Morgan fingerprint density at radius 1 is 1.12 bits per heavy atom. The van der Waals surface area contributed by atoms with Gasteiger partial charge in [-0.1, -0.05) is 18.2 Å². The molecule has 0 aliphatic carbocycles. The standard InChI is InChI=1S/C20H21N3O/c1-14-12-15(8-9-19(14)23-10-4-5-11-23)21-13-17-16-6-2-3-7-18(16)22-20(17)24/h2-3,6-9,12-13,21H,4-5,10-11H2,1H3,(H,22,24)/b17-13+. The molecule has 2 heterocycles. The Kier molecular flexibility index (Phi) is 3.73. The number of nitrogens with one attached hydrogen (secondary N) is 2. The van der Waals surface area contributed by atoms with E-state index in [1.54, 1.807) is 6.20 Å². The van der Waals surface area contributed by atoms with Gasteiger partial charge in [-0.15, -0.1) is 0 Å². The van der Waals surface area contributed by atoms with Crippen molar-refractivity contribution in [2.75, 3.05) is 28.6 Å². The lowest BCUT2D eigenvalue weighted by molar-refractivity contribution is -0.110. The molecular weight excluding hydrogens is 298 g/mol. The summed E-state index contributed by atoms with van der Waals surface area (Å²) in [4.78, 5) is 14.6. The molecule has 122 valence electrons. The first-order valence-corrected chi connectivity index (χ1v) is 8.45. The molecule has 2 aromatic rings. The zero-order chi connectivity index (χ0) is 16.5. The quantitative estimate of drug-likeness (QED) is 0.841. The largest absolute Gasteiger partial charge is 0.371 e. The molecule has 0 spiro atoms. The molecule has 4 nitrogen and oxygen atoms in total. The highest BCUT2D eigenvalue weighted by Gasteiger charge is 2.23. The van der Waals surface area contributed by atoms with Crippen molar-refractivity contribution >= 4 is 28.5 Å². The van der Waals surface area contributed by atoms with E-state index in [1.807, 2.05) is 24.3 Å². The van der Waals surface area contributed by atoms with Crippen LogP contribution in [0.1, 0.15) is 24.0 Å². The minimum Gasteiger partial charge on any atom is -0.371 e. The lowest BCUT2D eigenvalue weighted by Gasteiger charge is -2.20. The molecule has 1 amide bonds. The second-order valence-electron chi connectivity index (χ2n) is 6.40. The van der Waals surface area contributed by atoms with E-state index in [1.165, 1.54) is 24.1 Å². The number of amides is 1. The highest BCUT2D eigenvalue weighted by atomic mass is 16.2. The minimum absolute atomic E-state index is 0.0610. The third-order valence-electron chi connectivity index (χ3n) is 4.74. The summed E-state index contributed by atoms with van der Waals surface area (Å²) in [6, 6.07) is 14.1. The Labute approximate surface area is 142 Å². The van der Waals surface area contributed by atoms with Gasteiger partial charge in [0, 0.05) is 41.9 Å². The van der Waals surface area contributed by atoms with Crippen molar-refractivity contribution in [3.8, 4) is 0 Å². The van der Waals surface area contributed by atoms with E-state index >= 15 is 0 Å². The molecule has 0 radical (unpaired) electrons. The molecular formula is C20H21N3O. The average Bonchev–Trinajstić information content (AvgIpc) is 3.20. The lowest BCUT2D eigenvalue weighted by atomic mass is 10.1. The molecule has 0 bridgehead atoms. The fourth-order valence-corrected chi connectivity index (χ4v) is 3.50. The van der Waals surface area contributed by atoms with E-state index in [9.17, 15) is 4.79 Å². The van der Waals surface area contributed by atoms with Gasteiger partial charge in [-0.25, -0.2) is 0 Å². The van der Waals surface area contributed by atoms with Crippen molar-refractivity contribution in [3.63, 3.8) is 0 Å². The number of rotatable bonds is 3. The van der Waals surface area contributed by atoms with Crippen molar-refractivity contribution in [1.82, 2.24) is 0 Å². The highest BCUT2D eigenvalue weighted by Crippen LogP contribution is 2.31. The number of hydrogen-bond acceptors (Lipinski definition) is 3. The number of hydrogen-bond donors (Lipinski definition) is 2. The van der Waals surface area contributed by atoms with Crippen molar-refractivity contribution < 1.29 is 4.79 Å². The van der Waals surface area contributed by atoms with Crippen molar-refractivity contribution in [2.24, 2.45) is 0 Å². The zero-order valence-corrected chi connectivity index (χ0v) is 13.8. The fraction of sp³-hybridized carbons (Fsp3) is 0.250. The molecule has 1 saturated heterocycles. The normalized spacial score (nSPS) is 18.0. The molecule has 0 saturated carbocycles. The number of aryl methyl sites for hydroxylation is 1. The molecule has 1 fully saturated rings. The maximum atomic E-state index is 12.1. The molecule has 4 rings (SSSR count). The Hall–Kier alpha value is -2.75. The van der Waals surface area contributed by atoms with E-state index in [0.29, 0.717) is 5.57 Å². The monoisotopic (exact) mass is 319 g/mol. The first-order chi connectivity index (χ1) is 11.7. The lowest BCUT2D eigenvalue weighted by Crippen LogP contribution is -2.18. The van der Waals surface area contributed by atoms with Crippen LogP contribution < -0.4 is 15.5 Å². The molecule has 24 heavy (non-hydrogen) atoms. The van der Waals surface area contributed by atoms with Gasteiger partial charge in [0.05, 0.1) is 5.57 Å². The third kappa shape index (κ3) is 2.64. The maximum absolute atomic E-state index is 12.1. The average molecular weight is 319 g/mol. The van der Waals surface area contributed by atoms with Gasteiger partial charge in [-0.05, 0) is 49.6 Å². The van der Waals surface area contributed by atoms with Gasteiger partial charge in [0.2, 0.25) is 0 Å². The molecule has 4 heteroatoms. The van der Waals surface area contributed by atoms with Crippen molar-refractivity contribution in [3.05, 3.63) is 59.8 Å². The van der Waals surface area contributed by atoms with Gasteiger partial charge in [-0.2, -0.15) is 0 Å². The van der Waals surface area contributed by atoms with E-state index in [4.69, 9.17) is 0 Å². The number of carbonyl (C=O) groups excluding carboxylic acids is 1. The maximum Gasteiger partial charge on any atom is 0.257 e. The van der Waals surface area contributed by atoms with Crippen LogP contribution >= 0.6 is 0 Å². The number of para-hydroxylation sites is 1. The SMILES string of the molecule is Cc1cc(N/C=C2/C(=O)Nc3ccccc32)ccc1N1CCCC1. The van der Waals surface area contributed by atoms with Crippen molar-refractivity contribution in [2.45, 2.75) is 19.8 Å². The van der Waals surface area contributed by atoms with Crippen LogP contribution in [0.15, 0.2) is 48.7 Å². The number of benzene rings is 2. The van der Waals surface area contributed by atoms with Gasteiger partial charge in [0.1, 0.15) is 0 Å². The Bertz CT molecular complexity index is 819. The number of nitrogens with zero attached hydrogens (tertiary/aromatic N) is 1. The Morgan fingerprint density at radius 3 is 2.71 bits per heavy atom. The molecule has 0 unspecified atom stereocenters. The summed E-state index contributed by atoms with van der Waals surface area (Å²) < 4.78 is 0. The van der Waals surface area contributed by atoms with Crippen LogP contribution in [0.25, 0.3) is 5.57 Å². The van der Waals surface area contributed by atoms with Crippen LogP contribution in [0.2, 0.25) is 0 Å². The molecule has 2 N–H and O–H groups in total. The van der Waals surface area contributed by atoms with Gasteiger partial charge in [0.15, 0.2) is 0 Å². The van der Waals surface area contributed by atoms with E-state index < -0.39 is 0 Å². The minimum atomic E-state index is -0.0610. The van der Waals surface area contributed by atoms with Gasteiger partial charge < -0.3 is 15.5 Å². The topological polar surface area (TPSA) is 44.4 Å². The summed E-state index contributed by atoms with van der Waals surface area (Å²) in [6.07, 6.45) is 4.35. The van der Waals surface area contributed by atoms with Crippen LogP contribution in [-0.2, 0) is 4.79 Å². The van der Waals surface area contributed by atoms with Crippen LogP contribution in [0.3, 0.4) is 0 Å². The smallest absolute Gasteiger partial charge is 0.257 e. The summed E-state index contributed by atoms with van der Waals surface area (Å²) >= 11 is 0. The van der Waals surface area contributed by atoms with Crippen LogP contribution in [0.4, 0.5) is 17.1 Å². The van der Waals surface area contributed by atoms with E-state index in [-0.39, 0.29) is 5.91 Å². The fourth-order valence-electron chi connectivity index (χ4n) is 3.50. The molecule has 0 atom stereocenters. The van der Waals surface area contributed by atoms with Crippen LogP contribution in [-0.4, -0.2) is 19.0 Å². The molecule has 0 aromatic heterocycles. The molecule has 2 aliphatic heterocycles. The van der Waals surface area contributed by atoms with Crippen LogP contribution in [0, 0.1) is 6.92 Å². The first kappa shape index (κ1) is 14.8. The van der Waals surface area contributed by atoms with Crippen LogP contribution in [0.5, 0.6) is 0 Å². The summed E-state index contributed by atoms with van der Waals surface area (Å²) in [6.45, 7) is 4.44. The summed E-state index contributed by atoms with van der Waals surface area (Å²) in [5, 5.41) is 6.16. The highest BCUT2D eigenvalue weighted by molar-refractivity contribution is 6.31. The molecule has 2 aliphatic rings. The molecule has 2 aromatic carbocycles. The predicted molar refractivity (Wildman–Crippen MR) is 99.3 cm³/mol. The Balaban J connectivity index is 1.56. The first-order valence-electron chi connectivity index (χ1n) is 8.45. The number of fused-ring (bicyclic) bond motifs is 1. The Morgan fingerprint density at radius 2 is 1.92 bits per heavy atom. The summed E-state index contributed by atoms with van der Waals surface area (Å²) in [5.74, 6) is -0.0610. The second-order valence-corrected chi connectivity index (χ2v) is 6.40. The summed E-state index contributed by atoms with van der Waals surface area (Å²) in [5.41, 5.74) is 6.06.